The molecular formula is C64H40N6. The van der Waals surface area contributed by atoms with Gasteiger partial charge in [0.15, 0.2) is 0 Å². The first-order chi connectivity index (χ1) is 34.7. The fourth-order valence-electron chi connectivity index (χ4n) is 14.5. The van der Waals surface area contributed by atoms with Crippen LogP contribution in [-0.2, 0) is 51.4 Å². The molecule has 0 spiro atoms. The Morgan fingerprint density at radius 3 is 0.786 bits per heavy atom. The molecule has 9 aromatic carbocycles. The Labute approximate surface area is 401 Å². The summed E-state index contributed by atoms with van der Waals surface area (Å²) < 4.78 is 9.66. The summed E-state index contributed by atoms with van der Waals surface area (Å²) in [5, 5.41) is 22.5. The van der Waals surface area contributed by atoms with E-state index in [1.54, 1.807) is 0 Å². The van der Waals surface area contributed by atoms with Gasteiger partial charge in [0.1, 0.15) is 6.07 Å². The van der Waals surface area contributed by atoms with Gasteiger partial charge < -0.3 is 18.3 Å². The fourth-order valence-corrected chi connectivity index (χ4v) is 14.5. The third-order valence-electron chi connectivity index (χ3n) is 17.1. The van der Waals surface area contributed by atoms with Gasteiger partial charge in [0.2, 0.25) is 5.69 Å². The summed E-state index contributed by atoms with van der Waals surface area (Å²) in [4.78, 5) is 4.84. The molecule has 4 heterocycles. The average molecular weight is 893 g/mol. The molecule has 4 aliphatic carbocycles. The zero-order chi connectivity index (χ0) is 45.7. The van der Waals surface area contributed by atoms with Crippen molar-refractivity contribution in [2.45, 2.75) is 51.4 Å². The molecule has 4 aliphatic rings. The number of hydrogen-bond donors (Lipinski definition) is 0. The molecule has 0 radical (unpaired) electrons. The van der Waals surface area contributed by atoms with E-state index in [9.17, 15) is 11.8 Å². The summed E-state index contributed by atoms with van der Waals surface area (Å²) in [6.45, 7) is 9.80. The van der Waals surface area contributed by atoms with Crippen molar-refractivity contribution in [1.82, 2.24) is 18.3 Å². The minimum absolute atomic E-state index is 0.460. The number of aryl methyl sites for hydroxylation is 8. The summed E-state index contributed by atoms with van der Waals surface area (Å²) in [6, 6.07) is 56.9. The SMILES string of the molecule is [C-]#[N+]c1c(-n2c3cccc4c3c3c(cccc32)CC4)c(C#N)c(-n2c3cccc4c3c3c(cccc32)CC4)c(-n2c3cccc4c3c3c(cccc32)CC4)c1-n1c2cccc3c2c2c(cccc21)CC3. The largest absolute Gasteiger partial charge is 0.317 e. The Morgan fingerprint density at radius 1 is 0.314 bits per heavy atom. The van der Waals surface area contributed by atoms with Crippen molar-refractivity contribution in [2.24, 2.45) is 0 Å². The van der Waals surface area contributed by atoms with Gasteiger partial charge in [-0.25, -0.2) is 4.85 Å². The molecule has 0 bridgehead atoms. The number of nitriles is 1. The van der Waals surface area contributed by atoms with E-state index in [0.717, 1.165) is 113 Å². The summed E-state index contributed by atoms with van der Waals surface area (Å²) in [5.41, 5.74) is 23.1. The normalized spacial score (nSPS) is 14.4. The van der Waals surface area contributed by atoms with Gasteiger partial charge in [-0.1, -0.05) is 97.1 Å². The van der Waals surface area contributed by atoms with Crippen molar-refractivity contribution < 1.29 is 0 Å². The first-order valence-corrected chi connectivity index (χ1v) is 24.9. The molecule has 13 aromatic rings. The number of nitrogens with zero attached hydrogens (tertiary/aromatic N) is 6. The Bertz CT molecular complexity index is 4320. The molecule has 6 heteroatoms. The highest BCUT2D eigenvalue weighted by atomic mass is 15.1. The van der Waals surface area contributed by atoms with Crippen LogP contribution in [0.1, 0.15) is 50.1 Å². The second-order valence-corrected chi connectivity index (χ2v) is 20.2. The van der Waals surface area contributed by atoms with Crippen molar-refractivity contribution in [3.05, 3.63) is 207 Å². The lowest BCUT2D eigenvalue weighted by atomic mass is 9.91. The molecular weight excluding hydrogens is 853 g/mol. The quantitative estimate of drug-likeness (QED) is 0.162. The highest BCUT2D eigenvalue weighted by molar-refractivity contribution is 6.20. The van der Waals surface area contributed by atoms with Crippen LogP contribution in [0.25, 0.3) is 115 Å². The van der Waals surface area contributed by atoms with Gasteiger partial charge in [-0.15, -0.1) is 0 Å². The van der Waals surface area contributed by atoms with Crippen molar-refractivity contribution >= 4 is 92.9 Å². The standard InChI is InChI=1S/C64H40N6/c1-66-60-61(67-44-18-2-10-35-26-27-36-11-3-19-45(67)53(36)52(35)44)43(34-65)62(68-46-20-4-12-37-28-29-38-13-5-21-47(68)55(38)54(37)46)64(70-50-24-8-16-41-32-33-42-17-9-25-51(70)59(42)58(41)50)63(60)69-48-22-6-14-39-30-31-40-15-7-23-49(69)57(40)56(39)48/h2-25H,26-33H2. The minimum Gasteiger partial charge on any atom is -0.317 e. The number of hydrogen-bond acceptors (Lipinski definition) is 1. The van der Waals surface area contributed by atoms with Crippen molar-refractivity contribution in [1.29, 1.82) is 5.26 Å². The van der Waals surface area contributed by atoms with E-state index in [2.05, 4.69) is 170 Å². The van der Waals surface area contributed by atoms with Gasteiger partial charge in [0.25, 0.3) is 0 Å². The summed E-state index contributed by atoms with van der Waals surface area (Å²) >= 11 is 0. The fraction of sp³-hybridized carbons (Fsp3) is 0.125. The van der Waals surface area contributed by atoms with Gasteiger partial charge in [-0.05, 0) is 144 Å². The predicted octanol–water partition coefficient (Wildman–Crippen LogP) is 14.9. The number of aromatic nitrogens is 4. The third-order valence-corrected chi connectivity index (χ3v) is 17.1. The van der Waals surface area contributed by atoms with Gasteiger partial charge in [0.05, 0.1) is 79.0 Å². The van der Waals surface area contributed by atoms with Crippen LogP contribution in [0.2, 0.25) is 0 Å². The maximum Gasteiger partial charge on any atom is 0.237 e. The second kappa shape index (κ2) is 13.0. The highest BCUT2D eigenvalue weighted by Crippen LogP contribution is 2.54. The summed E-state index contributed by atoms with van der Waals surface area (Å²) in [5.74, 6) is 0. The molecule has 0 atom stereocenters. The minimum atomic E-state index is 0.460. The lowest BCUT2D eigenvalue weighted by molar-refractivity contribution is 0.969. The summed E-state index contributed by atoms with van der Waals surface area (Å²) in [7, 11) is 0. The van der Waals surface area contributed by atoms with Crippen molar-refractivity contribution in [3.8, 4) is 28.8 Å². The molecule has 0 unspecified atom stereocenters. The molecule has 0 fully saturated rings. The molecule has 326 valence electrons. The predicted molar refractivity (Wildman–Crippen MR) is 284 cm³/mol. The highest BCUT2D eigenvalue weighted by Gasteiger charge is 2.37. The molecule has 17 rings (SSSR count). The van der Waals surface area contributed by atoms with Crippen LogP contribution in [0.4, 0.5) is 5.69 Å². The van der Waals surface area contributed by atoms with Crippen LogP contribution in [-0.4, -0.2) is 18.3 Å². The summed E-state index contributed by atoms with van der Waals surface area (Å²) in [6.07, 6.45) is 7.62. The Morgan fingerprint density at radius 2 is 0.543 bits per heavy atom. The topological polar surface area (TPSA) is 47.9 Å². The zero-order valence-corrected chi connectivity index (χ0v) is 38.2. The van der Waals surface area contributed by atoms with Crippen LogP contribution >= 0.6 is 0 Å². The Balaban J connectivity index is 1.21. The first kappa shape index (κ1) is 37.2. The van der Waals surface area contributed by atoms with E-state index < -0.39 is 0 Å². The Hall–Kier alpha value is -8.84. The number of benzene rings is 9. The van der Waals surface area contributed by atoms with Crippen molar-refractivity contribution in [2.75, 3.05) is 0 Å². The van der Waals surface area contributed by atoms with E-state index in [4.69, 9.17) is 4.85 Å². The van der Waals surface area contributed by atoms with Crippen molar-refractivity contribution in [3.63, 3.8) is 0 Å². The van der Waals surface area contributed by atoms with E-state index in [1.165, 1.54) is 87.6 Å². The third kappa shape index (κ3) is 4.32. The maximum absolute atomic E-state index is 12.5. The zero-order valence-electron chi connectivity index (χ0n) is 38.2. The molecule has 0 saturated carbocycles. The van der Waals surface area contributed by atoms with Gasteiger partial charge in [-0.2, -0.15) is 5.26 Å². The van der Waals surface area contributed by atoms with E-state index in [0.29, 0.717) is 16.9 Å². The molecule has 0 aliphatic heterocycles. The lowest BCUT2D eigenvalue weighted by Crippen LogP contribution is -2.14. The monoisotopic (exact) mass is 892 g/mol. The number of rotatable bonds is 4. The molecule has 0 N–H and O–H groups in total. The second-order valence-electron chi connectivity index (χ2n) is 20.2. The average Bonchev–Trinajstić information content (AvgIpc) is 4.15. The Kier molecular flexibility index (Phi) is 6.92. The smallest absolute Gasteiger partial charge is 0.237 e. The molecule has 0 saturated heterocycles. The van der Waals surface area contributed by atoms with E-state index in [1.807, 2.05) is 0 Å². The van der Waals surface area contributed by atoms with Crippen LogP contribution in [0.15, 0.2) is 146 Å². The molecule has 4 aromatic heterocycles. The van der Waals surface area contributed by atoms with E-state index in [-0.39, 0.29) is 0 Å². The van der Waals surface area contributed by atoms with Crippen LogP contribution in [0.3, 0.4) is 0 Å². The molecule has 70 heavy (non-hydrogen) atoms. The van der Waals surface area contributed by atoms with Gasteiger partial charge in [0, 0.05) is 43.1 Å². The van der Waals surface area contributed by atoms with Crippen LogP contribution in [0, 0.1) is 17.9 Å². The van der Waals surface area contributed by atoms with Crippen LogP contribution < -0.4 is 0 Å². The first-order valence-electron chi connectivity index (χ1n) is 24.9. The lowest BCUT2D eigenvalue weighted by Gasteiger charge is -2.27. The maximum atomic E-state index is 12.5. The molecule has 0 amide bonds. The van der Waals surface area contributed by atoms with Gasteiger partial charge >= 0.3 is 0 Å². The van der Waals surface area contributed by atoms with E-state index >= 15 is 0 Å². The molecule has 6 nitrogen and oxygen atoms in total. The van der Waals surface area contributed by atoms with Gasteiger partial charge in [-0.3, -0.25) is 0 Å². The van der Waals surface area contributed by atoms with Crippen LogP contribution in [0.5, 0.6) is 0 Å².